The van der Waals surface area contributed by atoms with Crippen molar-refractivity contribution in [2.75, 3.05) is 18.4 Å². The number of benzene rings is 2. The van der Waals surface area contributed by atoms with E-state index in [2.05, 4.69) is 27.4 Å². The fourth-order valence-corrected chi connectivity index (χ4v) is 6.63. The topological polar surface area (TPSA) is 138 Å². The molecule has 0 radical (unpaired) electrons. The third kappa shape index (κ3) is 6.50. The number of nitrogens with one attached hydrogen (secondary N) is 1. The van der Waals surface area contributed by atoms with Crippen LogP contribution in [0.5, 0.6) is 5.75 Å². The van der Waals surface area contributed by atoms with Gasteiger partial charge in [0.1, 0.15) is 11.6 Å². The minimum absolute atomic E-state index is 0.0304. The number of fused-ring (bicyclic) bond motifs is 1. The number of phenolic OH excluding ortho intramolecular Hbond substituents is 1. The Labute approximate surface area is 255 Å². The summed E-state index contributed by atoms with van der Waals surface area (Å²) >= 11 is 0. The Morgan fingerprint density at radius 1 is 0.977 bits per heavy atom. The quantitative estimate of drug-likeness (QED) is 0.294. The van der Waals surface area contributed by atoms with Crippen LogP contribution in [0.3, 0.4) is 0 Å². The summed E-state index contributed by atoms with van der Waals surface area (Å²) in [5.41, 5.74) is 0.735. The zero-order valence-corrected chi connectivity index (χ0v) is 24.6. The molecule has 10 nitrogen and oxygen atoms in total. The summed E-state index contributed by atoms with van der Waals surface area (Å²) in [7, 11) is 0. The highest BCUT2D eigenvalue weighted by Crippen LogP contribution is 2.39. The molecular weight excluding hydrogens is 558 g/mol. The maximum atomic E-state index is 13.7. The van der Waals surface area contributed by atoms with E-state index >= 15 is 0 Å². The number of rotatable bonds is 7. The smallest absolute Gasteiger partial charge is 0.280 e. The molecule has 44 heavy (non-hydrogen) atoms. The molecular formula is C34H37N5O5. The molecule has 10 heteroatoms. The van der Waals surface area contributed by atoms with Crippen LogP contribution in [0.2, 0.25) is 0 Å². The molecule has 4 aromatic rings. The molecule has 1 aliphatic heterocycles. The number of piperidine rings is 1. The van der Waals surface area contributed by atoms with Gasteiger partial charge in [0.2, 0.25) is 11.8 Å². The number of hydrogen-bond donors (Lipinski definition) is 3. The van der Waals surface area contributed by atoms with Crippen LogP contribution in [0, 0.1) is 5.92 Å². The van der Waals surface area contributed by atoms with Crippen LogP contribution >= 0.6 is 0 Å². The lowest BCUT2D eigenvalue weighted by molar-refractivity contribution is -0.142. The Morgan fingerprint density at radius 3 is 2.52 bits per heavy atom. The molecule has 2 aromatic heterocycles. The van der Waals surface area contributed by atoms with Crippen LogP contribution in [-0.2, 0) is 22.6 Å². The zero-order valence-electron chi connectivity index (χ0n) is 24.6. The number of anilines is 1. The lowest BCUT2D eigenvalue weighted by Gasteiger charge is -2.41. The summed E-state index contributed by atoms with van der Waals surface area (Å²) < 4.78 is 1.36. The van der Waals surface area contributed by atoms with Crippen molar-refractivity contribution in [2.24, 2.45) is 5.92 Å². The van der Waals surface area contributed by atoms with Crippen LogP contribution in [-0.4, -0.2) is 60.2 Å². The van der Waals surface area contributed by atoms with Crippen LogP contribution in [0.25, 0.3) is 11.0 Å². The highest BCUT2D eigenvalue weighted by molar-refractivity contribution is 5.92. The normalized spacial score (nSPS) is 19.9. The summed E-state index contributed by atoms with van der Waals surface area (Å²) in [6.07, 6.45) is 6.20. The van der Waals surface area contributed by atoms with E-state index in [4.69, 9.17) is 0 Å². The van der Waals surface area contributed by atoms with Crippen molar-refractivity contribution in [3.63, 3.8) is 0 Å². The molecule has 1 saturated carbocycles. The van der Waals surface area contributed by atoms with E-state index < -0.39 is 11.2 Å². The van der Waals surface area contributed by atoms with Gasteiger partial charge in [-0.15, -0.1) is 0 Å². The number of aromatic hydroxyl groups is 1. The van der Waals surface area contributed by atoms with Gasteiger partial charge in [-0.1, -0.05) is 55.3 Å². The maximum absolute atomic E-state index is 13.7. The number of nitrogens with zero attached hydrogens (tertiary/aromatic N) is 4. The standard InChI is InChI=1S/C34H37N5O5/c40-25-10-6-7-23(19-25)20-30(41)36-29-14-13-28-31(37-29)33(43)39(22-35-28)21-34(44)15-17-38(18-16-34)32(42)27-12-5-4-11-26(27)24-8-2-1-3-9-24/h1-3,6-10,13-14,19,22,26-27,40,44H,4-5,11-12,15-18,20-21H2,(H,36,37,41)/t26-,27+/m0/s1. The average Bonchev–Trinajstić information content (AvgIpc) is 3.03. The van der Waals surface area contributed by atoms with E-state index in [-0.39, 0.29) is 53.7 Å². The molecule has 6 rings (SSSR count). The molecule has 2 atom stereocenters. The number of hydrogen-bond acceptors (Lipinski definition) is 7. The SMILES string of the molecule is O=C(Cc1cccc(O)c1)Nc1ccc2ncn(CC3(O)CCN(C(=O)[C@@H]4CCCC[C@H]4c4ccccc4)CC3)c(=O)c2n1. The summed E-state index contributed by atoms with van der Waals surface area (Å²) in [5, 5.41) is 23.8. The van der Waals surface area contributed by atoms with Crippen LogP contribution in [0.15, 0.2) is 77.9 Å². The molecule has 0 bridgehead atoms. The van der Waals surface area contributed by atoms with Gasteiger partial charge in [-0.3, -0.25) is 19.0 Å². The highest BCUT2D eigenvalue weighted by atomic mass is 16.3. The highest BCUT2D eigenvalue weighted by Gasteiger charge is 2.39. The Bertz CT molecular complexity index is 1710. The Balaban J connectivity index is 1.11. The Hall–Kier alpha value is -4.57. The lowest BCUT2D eigenvalue weighted by atomic mass is 9.74. The van der Waals surface area contributed by atoms with Gasteiger partial charge < -0.3 is 20.4 Å². The molecule has 1 saturated heterocycles. The van der Waals surface area contributed by atoms with E-state index in [0.717, 1.165) is 25.7 Å². The number of phenols is 1. The largest absolute Gasteiger partial charge is 0.508 e. The van der Waals surface area contributed by atoms with E-state index in [1.165, 1.54) is 28.6 Å². The number of pyridine rings is 1. The number of amides is 2. The van der Waals surface area contributed by atoms with Gasteiger partial charge in [-0.05, 0) is 67.0 Å². The van der Waals surface area contributed by atoms with Crippen molar-refractivity contribution in [3.8, 4) is 5.75 Å². The van der Waals surface area contributed by atoms with Crippen molar-refractivity contribution >= 4 is 28.7 Å². The van der Waals surface area contributed by atoms with E-state index in [1.54, 1.807) is 24.3 Å². The lowest BCUT2D eigenvalue weighted by Crippen LogP contribution is -2.51. The first-order valence-corrected chi connectivity index (χ1v) is 15.3. The number of carbonyl (C=O) groups is 2. The van der Waals surface area contributed by atoms with Crippen molar-refractivity contribution < 1.29 is 19.8 Å². The van der Waals surface area contributed by atoms with Crippen molar-refractivity contribution in [3.05, 3.63) is 94.5 Å². The molecule has 0 unspecified atom stereocenters. The van der Waals surface area contributed by atoms with Gasteiger partial charge in [0.15, 0.2) is 5.52 Å². The molecule has 1 aliphatic carbocycles. The van der Waals surface area contributed by atoms with Gasteiger partial charge >= 0.3 is 0 Å². The third-order valence-electron chi connectivity index (χ3n) is 9.00. The first-order valence-electron chi connectivity index (χ1n) is 15.3. The van der Waals surface area contributed by atoms with Crippen molar-refractivity contribution in [1.29, 1.82) is 0 Å². The fraction of sp³-hybridized carbons (Fsp3) is 0.382. The minimum atomic E-state index is -1.17. The van der Waals surface area contributed by atoms with Crippen LogP contribution < -0.4 is 10.9 Å². The number of aliphatic hydroxyl groups is 1. The second-order valence-corrected chi connectivity index (χ2v) is 12.1. The Morgan fingerprint density at radius 2 is 1.75 bits per heavy atom. The first kappa shape index (κ1) is 29.5. The third-order valence-corrected chi connectivity index (χ3v) is 9.00. The maximum Gasteiger partial charge on any atom is 0.280 e. The van der Waals surface area contributed by atoms with Gasteiger partial charge in [-0.2, -0.15) is 0 Å². The molecule has 228 valence electrons. The molecule has 3 heterocycles. The molecule has 0 spiro atoms. The second kappa shape index (κ2) is 12.6. The summed E-state index contributed by atoms with van der Waals surface area (Å²) in [6.45, 7) is 0.885. The Kier molecular flexibility index (Phi) is 8.43. The van der Waals surface area contributed by atoms with Gasteiger partial charge in [-0.25, -0.2) is 9.97 Å². The number of carbonyl (C=O) groups excluding carboxylic acids is 2. The fourth-order valence-electron chi connectivity index (χ4n) is 6.63. The minimum Gasteiger partial charge on any atom is -0.508 e. The van der Waals surface area contributed by atoms with Crippen LogP contribution in [0.4, 0.5) is 5.82 Å². The molecule has 2 amide bonds. The van der Waals surface area contributed by atoms with Gasteiger partial charge in [0.25, 0.3) is 5.56 Å². The summed E-state index contributed by atoms with van der Waals surface area (Å²) in [6, 6.07) is 19.9. The van der Waals surface area contributed by atoms with Crippen molar-refractivity contribution in [2.45, 2.75) is 63.0 Å². The van der Waals surface area contributed by atoms with E-state index in [1.807, 2.05) is 23.1 Å². The van der Waals surface area contributed by atoms with Gasteiger partial charge in [0, 0.05) is 19.0 Å². The van der Waals surface area contributed by atoms with Crippen LogP contribution in [0.1, 0.15) is 55.6 Å². The zero-order chi connectivity index (χ0) is 30.7. The van der Waals surface area contributed by atoms with E-state index in [0.29, 0.717) is 37.0 Å². The van der Waals surface area contributed by atoms with Gasteiger partial charge in [0.05, 0.1) is 30.4 Å². The average molecular weight is 596 g/mol. The predicted molar refractivity (Wildman–Crippen MR) is 166 cm³/mol. The van der Waals surface area contributed by atoms with E-state index in [9.17, 15) is 24.6 Å². The first-order chi connectivity index (χ1) is 21.3. The summed E-state index contributed by atoms with van der Waals surface area (Å²) in [5.74, 6) is 0.269. The summed E-state index contributed by atoms with van der Waals surface area (Å²) in [4.78, 5) is 50.2. The molecule has 2 aliphatic rings. The monoisotopic (exact) mass is 595 g/mol. The molecule has 2 aromatic carbocycles. The molecule has 2 fully saturated rings. The second-order valence-electron chi connectivity index (χ2n) is 12.1. The molecule has 3 N–H and O–H groups in total. The number of aromatic nitrogens is 3. The predicted octanol–water partition coefficient (Wildman–Crippen LogP) is 4.01. The number of likely N-dealkylation sites (tertiary alicyclic amines) is 1. The van der Waals surface area contributed by atoms with Crippen molar-refractivity contribution in [1.82, 2.24) is 19.4 Å².